The fraction of sp³-hybridized carbons (Fsp3) is 0.588. The Morgan fingerprint density at radius 3 is 2.86 bits per heavy atom. The molecular formula is C17H24N2O2. The molecular weight excluding hydrogens is 264 g/mol. The van der Waals surface area contributed by atoms with Gasteiger partial charge < -0.3 is 15.3 Å². The standard InChI is InChI=1S/C17H24N2O2/c1-2-12-11-18-9-10-19(12)17(21)15-8-7-13(15)14-5-3-4-6-16(14)20/h3-6,12-13,15,18,20H,2,7-11H2,1H3/t12-,13?,15?/m1/s1. The van der Waals surface area contributed by atoms with Crippen molar-refractivity contribution in [3.05, 3.63) is 29.8 Å². The van der Waals surface area contributed by atoms with Crippen LogP contribution in [0.5, 0.6) is 5.75 Å². The number of nitrogens with one attached hydrogen (secondary N) is 1. The Labute approximate surface area is 126 Å². The van der Waals surface area contributed by atoms with Gasteiger partial charge >= 0.3 is 0 Å². The van der Waals surface area contributed by atoms with Gasteiger partial charge in [-0.1, -0.05) is 25.1 Å². The van der Waals surface area contributed by atoms with Crippen molar-refractivity contribution in [2.24, 2.45) is 5.92 Å². The second kappa shape index (κ2) is 6.06. The maximum Gasteiger partial charge on any atom is 0.226 e. The average Bonchev–Trinajstić information content (AvgIpc) is 2.48. The van der Waals surface area contributed by atoms with Crippen molar-refractivity contribution >= 4 is 5.91 Å². The maximum atomic E-state index is 12.9. The number of phenols is 1. The summed E-state index contributed by atoms with van der Waals surface area (Å²) in [6, 6.07) is 7.76. The van der Waals surface area contributed by atoms with Crippen molar-refractivity contribution in [1.82, 2.24) is 10.2 Å². The molecule has 21 heavy (non-hydrogen) atoms. The van der Waals surface area contributed by atoms with Crippen LogP contribution in [0.1, 0.15) is 37.7 Å². The molecule has 0 aromatic heterocycles. The lowest BCUT2D eigenvalue weighted by molar-refractivity contribution is -0.142. The summed E-state index contributed by atoms with van der Waals surface area (Å²) in [5.74, 6) is 0.840. The van der Waals surface area contributed by atoms with E-state index in [1.165, 1.54) is 0 Å². The van der Waals surface area contributed by atoms with E-state index < -0.39 is 0 Å². The minimum Gasteiger partial charge on any atom is -0.508 e. The average molecular weight is 288 g/mol. The first-order valence-electron chi connectivity index (χ1n) is 8.01. The molecule has 1 aromatic rings. The van der Waals surface area contributed by atoms with Gasteiger partial charge in [0, 0.05) is 31.6 Å². The fourth-order valence-corrected chi connectivity index (χ4v) is 3.60. The van der Waals surface area contributed by atoms with Gasteiger partial charge in [-0.2, -0.15) is 0 Å². The molecule has 0 bridgehead atoms. The van der Waals surface area contributed by atoms with Crippen LogP contribution in [0.2, 0.25) is 0 Å². The second-order valence-corrected chi connectivity index (χ2v) is 6.15. The molecule has 1 aliphatic heterocycles. The van der Waals surface area contributed by atoms with Gasteiger partial charge in [0.15, 0.2) is 0 Å². The van der Waals surface area contributed by atoms with Gasteiger partial charge in [-0.25, -0.2) is 0 Å². The van der Waals surface area contributed by atoms with Crippen LogP contribution >= 0.6 is 0 Å². The Morgan fingerprint density at radius 2 is 2.19 bits per heavy atom. The highest BCUT2D eigenvalue weighted by molar-refractivity contribution is 5.81. The molecule has 0 spiro atoms. The van der Waals surface area contributed by atoms with Crippen LogP contribution in [0.25, 0.3) is 0 Å². The molecule has 2 unspecified atom stereocenters. The summed E-state index contributed by atoms with van der Waals surface area (Å²) in [4.78, 5) is 14.9. The third-order valence-corrected chi connectivity index (χ3v) is 5.03. The molecule has 4 nitrogen and oxygen atoms in total. The van der Waals surface area contributed by atoms with E-state index in [1.807, 2.05) is 18.2 Å². The van der Waals surface area contributed by atoms with E-state index in [1.54, 1.807) is 6.07 Å². The molecule has 0 radical (unpaired) electrons. The Hall–Kier alpha value is -1.55. The van der Waals surface area contributed by atoms with E-state index in [9.17, 15) is 9.90 Å². The van der Waals surface area contributed by atoms with Gasteiger partial charge in [0.05, 0.1) is 0 Å². The number of hydrogen-bond acceptors (Lipinski definition) is 3. The molecule has 2 aliphatic rings. The molecule has 4 heteroatoms. The molecule has 1 amide bonds. The van der Waals surface area contributed by atoms with Crippen LogP contribution in [0, 0.1) is 5.92 Å². The van der Waals surface area contributed by atoms with E-state index in [4.69, 9.17) is 0 Å². The molecule has 1 aliphatic carbocycles. The summed E-state index contributed by atoms with van der Waals surface area (Å²) in [5.41, 5.74) is 0.935. The largest absolute Gasteiger partial charge is 0.508 e. The van der Waals surface area contributed by atoms with Crippen LogP contribution < -0.4 is 5.32 Å². The van der Waals surface area contributed by atoms with Gasteiger partial charge in [0.2, 0.25) is 5.91 Å². The molecule has 114 valence electrons. The van der Waals surface area contributed by atoms with E-state index in [0.29, 0.717) is 11.8 Å². The normalized spacial score (nSPS) is 29.0. The van der Waals surface area contributed by atoms with Crippen molar-refractivity contribution in [3.63, 3.8) is 0 Å². The zero-order chi connectivity index (χ0) is 14.8. The highest BCUT2D eigenvalue weighted by Gasteiger charge is 2.42. The van der Waals surface area contributed by atoms with Crippen molar-refractivity contribution in [1.29, 1.82) is 0 Å². The lowest BCUT2D eigenvalue weighted by Crippen LogP contribution is -2.56. The first kappa shape index (κ1) is 14.4. The second-order valence-electron chi connectivity index (χ2n) is 6.15. The third kappa shape index (κ3) is 2.64. The van der Waals surface area contributed by atoms with Crippen LogP contribution in [-0.4, -0.2) is 41.6 Å². The highest BCUT2D eigenvalue weighted by atomic mass is 16.3. The number of amides is 1. The summed E-state index contributed by atoms with van der Waals surface area (Å²) in [6.07, 6.45) is 2.93. The van der Waals surface area contributed by atoms with Crippen molar-refractivity contribution in [2.75, 3.05) is 19.6 Å². The first-order valence-corrected chi connectivity index (χ1v) is 8.01. The van der Waals surface area contributed by atoms with Crippen LogP contribution in [0.15, 0.2) is 24.3 Å². The predicted molar refractivity (Wildman–Crippen MR) is 82.2 cm³/mol. The number of para-hydroxylation sites is 1. The fourth-order valence-electron chi connectivity index (χ4n) is 3.60. The first-order chi connectivity index (χ1) is 10.2. The summed E-state index contributed by atoms with van der Waals surface area (Å²) in [6.45, 7) is 4.73. The number of aromatic hydroxyl groups is 1. The molecule has 1 heterocycles. The minimum atomic E-state index is 0.0467. The topological polar surface area (TPSA) is 52.6 Å². The van der Waals surface area contributed by atoms with E-state index in [2.05, 4.69) is 17.1 Å². The number of phenolic OH excluding ortho intramolecular Hbond substituents is 1. The molecule has 2 fully saturated rings. The molecule has 1 aromatic carbocycles. The van der Waals surface area contributed by atoms with Crippen molar-refractivity contribution < 1.29 is 9.90 Å². The highest BCUT2D eigenvalue weighted by Crippen LogP contribution is 2.46. The number of hydrogen-bond donors (Lipinski definition) is 2. The summed E-state index contributed by atoms with van der Waals surface area (Å²) in [7, 11) is 0. The number of carbonyl (C=O) groups is 1. The molecule has 1 saturated heterocycles. The summed E-state index contributed by atoms with van der Waals surface area (Å²) >= 11 is 0. The van der Waals surface area contributed by atoms with Gasteiger partial charge in [-0.3, -0.25) is 4.79 Å². The monoisotopic (exact) mass is 288 g/mol. The predicted octanol–water partition coefficient (Wildman–Crippen LogP) is 2.10. The van der Waals surface area contributed by atoms with Gasteiger partial charge in [-0.15, -0.1) is 0 Å². The smallest absolute Gasteiger partial charge is 0.226 e. The van der Waals surface area contributed by atoms with Gasteiger partial charge in [0.25, 0.3) is 0 Å². The van der Waals surface area contributed by atoms with Crippen molar-refractivity contribution in [3.8, 4) is 5.75 Å². The van der Waals surface area contributed by atoms with E-state index in [0.717, 1.165) is 44.5 Å². The Morgan fingerprint density at radius 1 is 1.38 bits per heavy atom. The van der Waals surface area contributed by atoms with Crippen LogP contribution in [-0.2, 0) is 4.79 Å². The number of rotatable bonds is 3. The Kier molecular flexibility index (Phi) is 4.15. The van der Waals surface area contributed by atoms with E-state index in [-0.39, 0.29) is 17.7 Å². The lowest BCUT2D eigenvalue weighted by atomic mass is 9.69. The SMILES string of the molecule is CC[C@@H]1CNCCN1C(=O)C1CCC1c1ccccc1O. The van der Waals surface area contributed by atoms with Gasteiger partial charge in [-0.05, 0) is 36.8 Å². The number of piperazine rings is 1. The third-order valence-electron chi connectivity index (χ3n) is 5.03. The lowest BCUT2D eigenvalue weighted by Gasteiger charge is -2.43. The molecule has 3 atom stereocenters. The Bertz CT molecular complexity index is 517. The number of nitrogens with zero attached hydrogens (tertiary/aromatic N) is 1. The number of carbonyl (C=O) groups excluding carboxylic acids is 1. The quantitative estimate of drug-likeness (QED) is 0.895. The summed E-state index contributed by atoms with van der Waals surface area (Å²) in [5, 5.41) is 13.4. The Balaban J connectivity index is 1.74. The van der Waals surface area contributed by atoms with Gasteiger partial charge in [0.1, 0.15) is 5.75 Å². The van der Waals surface area contributed by atoms with Crippen LogP contribution in [0.4, 0.5) is 0 Å². The molecule has 2 N–H and O–H groups in total. The van der Waals surface area contributed by atoms with Crippen molar-refractivity contribution in [2.45, 2.75) is 38.1 Å². The molecule has 1 saturated carbocycles. The van der Waals surface area contributed by atoms with E-state index >= 15 is 0 Å². The zero-order valence-electron chi connectivity index (χ0n) is 12.6. The zero-order valence-corrected chi connectivity index (χ0v) is 12.6. The number of benzene rings is 1. The van der Waals surface area contributed by atoms with Crippen LogP contribution in [0.3, 0.4) is 0 Å². The summed E-state index contributed by atoms with van der Waals surface area (Å²) < 4.78 is 0. The minimum absolute atomic E-state index is 0.0467. The maximum absolute atomic E-state index is 12.9. The molecule has 3 rings (SSSR count).